The van der Waals surface area contributed by atoms with E-state index in [2.05, 4.69) is 5.32 Å². The van der Waals surface area contributed by atoms with Crippen molar-refractivity contribution in [1.82, 2.24) is 5.32 Å². The van der Waals surface area contributed by atoms with Crippen molar-refractivity contribution in [2.75, 3.05) is 19.8 Å². The van der Waals surface area contributed by atoms with Gasteiger partial charge in [0.1, 0.15) is 0 Å². The lowest BCUT2D eigenvalue weighted by atomic mass is 10.2. The normalized spacial score (nSPS) is 14.4. The van der Waals surface area contributed by atoms with Crippen LogP contribution < -0.4 is 5.32 Å². The third-order valence-electron chi connectivity index (χ3n) is 2.93. The van der Waals surface area contributed by atoms with Crippen LogP contribution in [0.25, 0.3) is 0 Å². The molecule has 1 aliphatic carbocycles. The zero-order valence-electron chi connectivity index (χ0n) is 10.6. The van der Waals surface area contributed by atoms with Gasteiger partial charge >= 0.3 is 0 Å². The lowest BCUT2D eigenvalue weighted by Gasteiger charge is -2.06. The Labute approximate surface area is 123 Å². The zero-order valence-corrected chi connectivity index (χ0v) is 12.1. The Kier molecular flexibility index (Phi) is 5.49. The average Bonchev–Trinajstić information content (AvgIpc) is 3.16. The lowest BCUT2D eigenvalue weighted by Crippen LogP contribution is -2.25. The van der Waals surface area contributed by atoms with Gasteiger partial charge in [0.05, 0.1) is 0 Å². The Balaban J connectivity index is 1.65. The van der Waals surface area contributed by atoms with Crippen LogP contribution in [0, 0.1) is 5.92 Å². The number of hydrogen-bond acceptors (Lipinski definition) is 2. The molecule has 0 heterocycles. The summed E-state index contributed by atoms with van der Waals surface area (Å²) in [6, 6.07) is 4.81. The van der Waals surface area contributed by atoms with Crippen LogP contribution in [0.15, 0.2) is 18.2 Å². The maximum atomic E-state index is 11.8. The van der Waals surface area contributed by atoms with Crippen LogP contribution in [-0.2, 0) is 4.74 Å². The Morgan fingerprint density at radius 1 is 1.26 bits per heavy atom. The number of rotatable bonds is 7. The number of ether oxygens (including phenoxy) is 1. The molecule has 5 heteroatoms. The molecular weight excluding hydrogens is 285 g/mol. The molecule has 0 radical (unpaired) electrons. The van der Waals surface area contributed by atoms with Crippen molar-refractivity contribution in [3.8, 4) is 0 Å². The van der Waals surface area contributed by atoms with E-state index < -0.39 is 0 Å². The highest BCUT2D eigenvalue weighted by Gasteiger charge is 2.20. The van der Waals surface area contributed by atoms with E-state index in [1.807, 2.05) is 0 Å². The average molecular weight is 302 g/mol. The molecule has 0 aliphatic heterocycles. The molecule has 1 saturated carbocycles. The lowest BCUT2D eigenvalue weighted by molar-refractivity contribution is 0.0937. The molecule has 1 fully saturated rings. The number of halogens is 2. The number of benzene rings is 1. The molecule has 1 N–H and O–H groups in total. The van der Waals surface area contributed by atoms with Gasteiger partial charge in [-0.1, -0.05) is 23.2 Å². The summed E-state index contributed by atoms with van der Waals surface area (Å²) in [5, 5.41) is 3.75. The number of amides is 1. The van der Waals surface area contributed by atoms with Gasteiger partial charge in [-0.2, -0.15) is 0 Å². The predicted octanol–water partition coefficient (Wildman–Crippen LogP) is 3.54. The SMILES string of the molecule is O=C(NCCCOCC1CC1)c1cc(Cl)cc(Cl)c1. The van der Waals surface area contributed by atoms with Crippen LogP contribution in [0.4, 0.5) is 0 Å². The Bertz CT molecular complexity index is 427. The van der Waals surface area contributed by atoms with E-state index in [0.29, 0.717) is 28.8 Å². The van der Waals surface area contributed by atoms with Crippen molar-refractivity contribution in [3.05, 3.63) is 33.8 Å². The van der Waals surface area contributed by atoms with Gasteiger partial charge in [-0.05, 0) is 43.4 Å². The Morgan fingerprint density at radius 3 is 2.58 bits per heavy atom. The molecule has 0 atom stereocenters. The van der Waals surface area contributed by atoms with E-state index in [1.165, 1.54) is 12.8 Å². The standard InChI is InChI=1S/C14H17Cl2NO2/c15-12-6-11(7-13(16)8-12)14(18)17-4-1-5-19-9-10-2-3-10/h6-8,10H,1-5,9H2,(H,17,18). The van der Waals surface area contributed by atoms with Gasteiger partial charge in [0, 0.05) is 35.4 Å². The van der Waals surface area contributed by atoms with Crippen LogP contribution in [0.1, 0.15) is 29.6 Å². The maximum Gasteiger partial charge on any atom is 0.251 e. The molecule has 1 aromatic rings. The molecule has 1 aliphatic rings. The van der Waals surface area contributed by atoms with Crippen LogP contribution in [0.5, 0.6) is 0 Å². The molecule has 1 aromatic carbocycles. The van der Waals surface area contributed by atoms with E-state index in [-0.39, 0.29) is 5.91 Å². The molecule has 19 heavy (non-hydrogen) atoms. The van der Waals surface area contributed by atoms with Gasteiger partial charge in [0.25, 0.3) is 5.91 Å². The summed E-state index contributed by atoms with van der Waals surface area (Å²) < 4.78 is 5.49. The summed E-state index contributed by atoms with van der Waals surface area (Å²) in [5.41, 5.74) is 0.483. The smallest absolute Gasteiger partial charge is 0.251 e. The van der Waals surface area contributed by atoms with Gasteiger partial charge < -0.3 is 10.1 Å². The first kappa shape index (κ1) is 14.6. The fraction of sp³-hybridized carbons (Fsp3) is 0.500. The third-order valence-corrected chi connectivity index (χ3v) is 3.36. The number of nitrogens with one attached hydrogen (secondary N) is 1. The van der Waals surface area contributed by atoms with Crippen LogP contribution in [0.3, 0.4) is 0 Å². The zero-order chi connectivity index (χ0) is 13.7. The molecule has 0 spiro atoms. The molecule has 104 valence electrons. The summed E-state index contributed by atoms with van der Waals surface area (Å²) in [6.45, 7) is 2.14. The number of carbonyl (C=O) groups excluding carboxylic acids is 1. The third kappa shape index (κ3) is 5.39. The summed E-state index contributed by atoms with van der Waals surface area (Å²) in [7, 11) is 0. The van der Waals surface area contributed by atoms with Crippen LogP contribution in [-0.4, -0.2) is 25.7 Å². The fourth-order valence-corrected chi connectivity index (χ4v) is 2.22. The monoisotopic (exact) mass is 301 g/mol. The summed E-state index contributed by atoms with van der Waals surface area (Å²) in [6.07, 6.45) is 3.41. The van der Waals surface area contributed by atoms with Crippen molar-refractivity contribution in [1.29, 1.82) is 0 Å². The molecule has 0 bridgehead atoms. The minimum absolute atomic E-state index is 0.161. The van der Waals surface area contributed by atoms with E-state index >= 15 is 0 Å². The molecule has 1 amide bonds. The number of hydrogen-bond donors (Lipinski definition) is 1. The molecular formula is C14H17Cl2NO2. The Hall–Kier alpha value is -0.770. The first-order chi connectivity index (χ1) is 9.15. The second-order valence-electron chi connectivity index (χ2n) is 4.79. The fourth-order valence-electron chi connectivity index (χ4n) is 1.70. The largest absolute Gasteiger partial charge is 0.381 e. The maximum absolute atomic E-state index is 11.8. The van der Waals surface area contributed by atoms with Crippen molar-refractivity contribution in [2.45, 2.75) is 19.3 Å². The van der Waals surface area contributed by atoms with Gasteiger partial charge in [0.15, 0.2) is 0 Å². The minimum Gasteiger partial charge on any atom is -0.381 e. The summed E-state index contributed by atoms with van der Waals surface area (Å²) in [4.78, 5) is 11.8. The second-order valence-corrected chi connectivity index (χ2v) is 5.66. The summed E-state index contributed by atoms with van der Waals surface area (Å²) >= 11 is 11.7. The number of carbonyl (C=O) groups is 1. The van der Waals surface area contributed by atoms with E-state index in [4.69, 9.17) is 27.9 Å². The molecule has 2 rings (SSSR count). The highest BCUT2D eigenvalue weighted by molar-refractivity contribution is 6.35. The van der Waals surface area contributed by atoms with E-state index in [9.17, 15) is 4.79 Å². The van der Waals surface area contributed by atoms with Crippen molar-refractivity contribution < 1.29 is 9.53 Å². The Morgan fingerprint density at radius 2 is 1.95 bits per heavy atom. The van der Waals surface area contributed by atoms with Crippen molar-refractivity contribution in [3.63, 3.8) is 0 Å². The van der Waals surface area contributed by atoms with Gasteiger partial charge in [-0.15, -0.1) is 0 Å². The molecule has 0 saturated heterocycles. The van der Waals surface area contributed by atoms with Crippen molar-refractivity contribution >= 4 is 29.1 Å². The quantitative estimate of drug-likeness (QED) is 0.782. The molecule has 0 unspecified atom stereocenters. The van der Waals surface area contributed by atoms with Crippen LogP contribution in [0.2, 0.25) is 10.0 Å². The highest BCUT2D eigenvalue weighted by Crippen LogP contribution is 2.28. The predicted molar refractivity (Wildman–Crippen MR) is 77.0 cm³/mol. The first-order valence-electron chi connectivity index (χ1n) is 6.47. The topological polar surface area (TPSA) is 38.3 Å². The van der Waals surface area contributed by atoms with Gasteiger partial charge in [-0.25, -0.2) is 0 Å². The second kappa shape index (κ2) is 7.13. The van der Waals surface area contributed by atoms with E-state index in [1.54, 1.807) is 18.2 Å². The van der Waals surface area contributed by atoms with E-state index in [0.717, 1.165) is 18.9 Å². The summed E-state index contributed by atoms with van der Waals surface area (Å²) in [5.74, 6) is 0.620. The van der Waals surface area contributed by atoms with Crippen molar-refractivity contribution in [2.24, 2.45) is 5.92 Å². The van der Waals surface area contributed by atoms with Gasteiger partial charge in [-0.3, -0.25) is 4.79 Å². The minimum atomic E-state index is -0.161. The van der Waals surface area contributed by atoms with Gasteiger partial charge in [0.2, 0.25) is 0 Å². The molecule has 0 aromatic heterocycles. The first-order valence-corrected chi connectivity index (χ1v) is 7.23. The van der Waals surface area contributed by atoms with Crippen LogP contribution >= 0.6 is 23.2 Å². The highest BCUT2D eigenvalue weighted by atomic mass is 35.5. The molecule has 3 nitrogen and oxygen atoms in total.